The summed E-state index contributed by atoms with van der Waals surface area (Å²) in [6.45, 7) is 2.75. The fourth-order valence-corrected chi connectivity index (χ4v) is 4.05. The minimum atomic E-state index is -3.03. The highest BCUT2D eigenvalue weighted by Gasteiger charge is 2.31. The lowest BCUT2D eigenvalue weighted by Crippen LogP contribution is -2.35. The molecule has 0 saturated carbocycles. The first-order valence-corrected chi connectivity index (χ1v) is 8.45. The van der Waals surface area contributed by atoms with Gasteiger partial charge in [-0.15, -0.1) is 0 Å². The summed E-state index contributed by atoms with van der Waals surface area (Å²) < 4.78 is 23.4. The largest absolute Gasteiger partial charge is 0.370 e. The zero-order valence-electron chi connectivity index (χ0n) is 11.4. The van der Waals surface area contributed by atoms with Crippen LogP contribution in [-0.4, -0.2) is 43.4 Å². The van der Waals surface area contributed by atoms with Gasteiger partial charge in [0.05, 0.1) is 16.6 Å². The molecule has 1 aromatic rings. The molecule has 6 nitrogen and oxygen atoms in total. The molecular weight excluding hydrogens is 278 g/mol. The fraction of sp³-hybridized carbons (Fsp3) is 0.538. The van der Waals surface area contributed by atoms with E-state index < -0.39 is 15.1 Å². The van der Waals surface area contributed by atoms with Crippen LogP contribution in [0.4, 0.5) is 5.82 Å². The van der Waals surface area contributed by atoms with E-state index >= 15 is 0 Å². The summed E-state index contributed by atoms with van der Waals surface area (Å²) in [6.07, 6.45) is 2.91. The van der Waals surface area contributed by atoms with Gasteiger partial charge in [-0.1, -0.05) is 0 Å². The van der Waals surface area contributed by atoms with Gasteiger partial charge in [0.2, 0.25) is 0 Å². The maximum Gasteiger partial charge on any atom is 0.255 e. The third-order valence-electron chi connectivity index (χ3n) is 3.35. The van der Waals surface area contributed by atoms with Crippen LogP contribution in [0.15, 0.2) is 18.3 Å². The number of nitrogens with zero attached hydrogens (tertiary/aromatic N) is 1. The van der Waals surface area contributed by atoms with Gasteiger partial charge >= 0.3 is 0 Å². The molecule has 110 valence electrons. The maximum absolute atomic E-state index is 12.1. The van der Waals surface area contributed by atoms with Crippen LogP contribution in [0.3, 0.4) is 0 Å². The molecule has 1 saturated heterocycles. The van der Waals surface area contributed by atoms with Crippen molar-refractivity contribution in [1.82, 2.24) is 10.3 Å². The molecule has 7 heteroatoms. The summed E-state index contributed by atoms with van der Waals surface area (Å²) in [6, 6.07) is 3.35. The van der Waals surface area contributed by atoms with Gasteiger partial charge in [0.25, 0.3) is 5.91 Å². The molecule has 0 aliphatic carbocycles. The van der Waals surface area contributed by atoms with Gasteiger partial charge < -0.3 is 10.6 Å². The average molecular weight is 297 g/mol. The molecule has 0 bridgehead atoms. The highest BCUT2D eigenvalue weighted by atomic mass is 32.2. The quantitative estimate of drug-likeness (QED) is 0.840. The Labute approximate surface area is 118 Å². The summed E-state index contributed by atoms with van der Waals surface area (Å²) in [7, 11) is -3.03. The predicted octanol–water partition coefficient (Wildman–Crippen LogP) is 0.820. The topological polar surface area (TPSA) is 88.2 Å². The zero-order valence-corrected chi connectivity index (χ0v) is 12.2. The first kappa shape index (κ1) is 14.8. The van der Waals surface area contributed by atoms with Crippen LogP contribution in [0.2, 0.25) is 0 Å². The van der Waals surface area contributed by atoms with E-state index in [2.05, 4.69) is 15.6 Å². The molecule has 2 heterocycles. The molecule has 2 N–H and O–H groups in total. The Morgan fingerprint density at radius 3 is 2.95 bits per heavy atom. The van der Waals surface area contributed by atoms with Gasteiger partial charge in [-0.2, -0.15) is 0 Å². The minimum Gasteiger partial charge on any atom is -0.370 e. The molecule has 1 aliphatic rings. The maximum atomic E-state index is 12.1. The van der Waals surface area contributed by atoms with E-state index in [4.69, 9.17) is 0 Å². The fourth-order valence-electron chi connectivity index (χ4n) is 2.29. The number of anilines is 1. The van der Waals surface area contributed by atoms with Gasteiger partial charge in [-0.05, 0) is 31.9 Å². The van der Waals surface area contributed by atoms with Crippen LogP contribution in [0.1, 0.15) is 30.1 Å². The Morgan fingerprint density at radius 1 is 1.50 bits per heavy atom. The monoisotopic (exact) mass is 297 g/mol. The Kier molecular flexibility index (Phi) is 4.59. The smallest absolute Gasteiger partial charge is 0.255 e. The molecule has 1 atom stereocenters. The van der Waals surface area contributed by atoms with Gasteiger partial charge in [-0.25, -0.2) is 13.4 Å². The molecule has 1 fully saturated rings. The van der Waals surface area contributed by atoms with Crippen molar-refractivity contribution in [3.8, 4) is 0 Å². The van der Waals surface area contributed by atoms with E-state index in [1.165, 1.54) is 0 Å². The van der Waals surface area contributed by atoms with Gasteiger partial charge in [0.15, 0.2) is 9.84 Å². The second kappa shape index (κ2) is 6.21. The van der Waals surface area contributed by atoms with Crippen LogP contribution in [0, 0.1) is 0 Å². The Balaban J connectivity index is 2.02. The SMILES string of the molecule is CCNc1ncccc1C(=O)NCC1CCCS1(=O)=O. The second-order valence-electron chi connectivity index (χ2n) is 4.77. The molecule has 0 aromatic carbocycles. The number of carbonyl (C=O) groups excluding carboxylic acids is 1. The Bertz CT molecular complexity index is 586. The summed E-state index contributed by atoms with van der Waals surface area (Å²) in [5.74, 6) is 0.446. The van der Waals surface area contributed by atoms with Crippen LogP contribution in [-0.2, 0) is 9.84 Å². The number of amides is 1. The van der Waals surface area contributed by atoms with E-state index in [-0.39, 0.29) is 18.2 Å². The first-order valence-electron chi connectivity index (χ1n) is 6.73. The van der Waals surface area contributed by atoms with E-state index in [0.29, 0.717) is 30.8 Å². The van der Waals surface area contributed by atoms with E-state index in [0.717, 1.165) is 0 Å². The van der Waals surface area contributed by atoms with Crippen molar-refractivity contribution in [2.24, 2.45) is 0 Å². The van der Waals surface area contributed by atoms with Crippen molar-refractivity contribution >= 4 is 21.6 Å². The number of nitrogens with one attached hydrogen (secondary N) is 2. The lowest BCUT2D eigenvalue weighted by Gasteiger charge is -2.12. The van der Waals surface area contributed by atoms with Gasteiger partial charge in [0.1, 0.15) is 5.82 Å². The predicted molar refractivity (Wildman–Crippen MR) is 77.5 cm³/mol. The number of rotatable bonds is 5. The standard InChI is InChI=1S/C13H19N3O3S/c1-2-14-12-11(6-3-7-15-12)13(17)16-9-10-5-4-8-20(10,18)19/h3,6-7,10H,2,4-5,8-9H2,1H3,(H,14,15)(H,16,17). The van der Waals surface area contributed by atoms with E-state index in [9.17, 15) is 13.2 Å². The molecule has 0 spiro atoms. The zero-order chi connectivity index (χ0) is 14.6. The van der Waals surface area contributed by atoms with Crippen LogP contribution < -0.4 is 10.6 Å². The number of aromatic nitrogens is 1. The number of hydrogen-bond donors (Lipinski definition) is 2. The lowest BCUT2D eigenvalue weighted by molar-refractivity contribution is 0.0954. The molecule has 1 aliphatic heterocycles. The summed E-state index contributed by atoms with van der Waals surface area (Å²) >= 11 is 0. The van der Waals surface area contributed by atoms with Crippen molar-refractivity contribution in [1.29, 1.82) is 0 Å². The molecule has 20 heavy (non-hydrogen) atoms. The van der Waals surface area contributed by atoms with Crippen molar-refractivity contribution in [2.45, 2.75) is 25.0 Å². The molecular formula is C13H19N3O3S. The van der Waals surface area contributed by atoms with Crippen LogP contribution >= 0.6 is 0 Å². The van der Waals surface area contributed by atoms with E-state index in [1.54, 1.807) is 18.3 Å². The van der Waals surface area contributed by atoms with Crippen molar-refractivity contribution in [2.75, 3.05) is 24.2 Å². The number of sulfone groups is 1. The minimum absolute atomic E-state index is 0.168. The molecule has 1 unspecified atom stereocenters. The van der Waals surface area contributed by atoms with Crippen molar-refractivity contribution in [3.63, 3.8) is 0 Å². The highest BCUT2D eigenvalue weighted by Crippen LogP contribution is 2.19. The van der Waals surface area contributed by atoms with Gasteiger partial charge in [-0.3, -0.25) is 4.79 Å². The van der Waals surface area contributed by atoms with Gasteiger partial charge in [0, 0.05) is 19.3 Å². The summed E-state index contributed by atoms with van der Waals surface area (Å²) in [5, 5.41) is 5.26. The second-order valence-corrected chi connectivity index (χ2v) is 7.17. The molecule has 0 radical (unpaired) electrons. The summed E-state index contributed by atoms with van der Waals surface area (Å²) in [5.41, 5.74) is 0.435. The first-order chi connectivity index (χ1) is 9.54. The normalized spacial score (nSPS) is 20.6. The van der Waals surface area contributed by atoms with E-state index in [1.807, 2.05) is 6.92 Å². The number of pyridine rings is 1. The lowest BCUT2D eigenvalue weighted by atomic mass is 10.2. The Morgan fingerprint density at radius 2 is 2.30 bits per heavy atom. The number of carbonyl (C=O) groups is 1. The average Bonchev–Trinajstić information content (AvgIpc) is 2.76. The third kappa shape index (κ3) is 3.27. The van der Waals surface area contributed by atoms with Crippen LogP contribution in [0.5, 0.6) is 0 Å². The Hall–Kier alpha value is -1.63. The third-order valence-corrected chi connectivity index (χ3v) is 5.63. The van der Waals surface area contributed by atoms with Crippen molar-refractivity contribution in [3.05, 3.63) is 23.9 Å². The molecule has 1 aromatic heterocycles. The summed E-state index contributed by atoms with van der Waals surface area (Å²) in [4.78, 5) is 16.2. The molecule has 1 amide bonds. The molecule has 2 rings (SSSR count). The number of hydrogen-bond acceptors (Lipinski definition) is 5. The highest BCUT2D eigenvalue weighted by molar-refractivity contribution is 7.92. The van der Waals surface area contributed by atoms with Crippen LogP contribution in [0.25, 0.3) is 0 Å². The van der Waals surface area contributed by atoms with Crippen molar-refractivity contribution < 1.29 is 13.2 Å².